The molecule has 2 aromatic rings. The van der Waals surface area contributed by atoms with Gasteiger partial charge in [0.05, 0.1) is 4.90 Å². The number of aromatic nitrogens is 1. The maximum absolute atomic E-state index is 11.4. The van der Waals surface area contributed by atoms with Crippen molar-refractivity contribution in [1.29, 1.82) is 0 Å². The lowest BCUT2D eigenvalue weighted by Gasteiger charge is -2.21. The molecule has 0 bridgehead atoms. The molecule has 0 aliphatic heterocycles. The quantitative estimate of drug-likeness (QED) is 0.877. The minimum absolute atomic E-state index is 0.0708. The Bertz CT molecular complexity index is 750. The lowest BCUT2D eigenvalue weighted by Crippen LogP contribution is -2.18. The predicted octanol–water partition coefficient (Wildman–Crippen LogP) is 1.46. The highest BCUT2D eigenvalue weighted by atomic mass is 32.2. The van der Waals surface area contributed by atoms with Gasteiger partial charge in [0.1, 0.15) is 0 Å². The molecule has 0 radical (unpaired) electrons. The second-order valence-corrected chi connectivity index (χ2v) is 6.69. The number of nitrogens with two attached hydrogens (primary N) is 2. The number of sulfonamides is 1. The Balaban J connectivity index is 2.11. The predicted molar refractivity (Wildman–Crippen MR) is 77.0 cm³/mol. The maximum atomic E-state index is 11.4. The Kier molecular flexibility index (Phi) is 3.16. The third-order valence-electron chi connectivity index (χ3n) is 3.78. The average Bonchev–Trinajstić information content (AvgIpc) is 2.83. The molecule has 0 saturated carbocycles. The molecule has 5 nitrogen and oxygen atoms in total. The SMILES string of the molecule is NC1CCCc2c1ccn2-c1cccc(S(N)(=O)=O)c1. The molecule has 1 aromatic carbocycles. The van der Waals surface area contributed by atoms with Gasteiger partial charge in [0.2, 0.25) is 10.0 Å². The van der Waals surface area contributed by atoms with Gasteiger partial charge in [0, 0.05) is 23.6 Å². The highest BCUT2D eigenvalue weighted by Crippen LogP contribution is 2.30. The van der Waals surface area contributed by atoms with Crippen LogP contribution in [0.3, 0.4) is 0 Å². The third-order valence-corrected chi connectivity index (χ3v) is 4.69. The maximum Gasteiger partial charge on any atom is 0.238 e. The normalized spacial score (nSPS) is 18.8. The third kappa shape index (κ3) is 2.26. The molecule has 0 saturated heterocycles. The smallest absolute Gasteiger partial charge is 0.238 e. The summed E-state index contributed by atoms with van der Waals surface area (Å²) in [6.45, 7) is 0. The van der Waals surface area contributed by atoms with Crippen molar-refractivity contribution in [3.8, 4) is 5.69 Å². The number of hydrogen-bond donors (Lipinski definition) is 2. The van der Waals surface area contributed by atoms with E-state index in [1.165, 1.54) is 6.07 Å². The Morgan fingerprint density at radius 1 is 1.25 bits per heavy atom. The molecule has 0 amide bonds. The Morgan fingerprint density at radius 2 is 2.05 bits per heavy atom. The van der Waals surface area contributed by atoms with E-state index in [9.17, 15) is 8.42 Å². The lowest BCUT2D eigenvalue weighted by atomic mass is 9.93. The number of rotatable bonds is 2. The highest BCUT2D eigenvalue weighted by molar-refractivity contribution is 7.89. The Labute approximate surface area is 118 Å². The van der Waals surface area contributed by atoms with E-state index in [-0.39, 0.29) is 10.9 Å². The number of nitrogens with zero attached hydrogens (tertiary/aromatic N) is 1. The van der Waals surface area contributed by atoms with Crippen LogP contribution < -0.4 is 10.9 Å². The molecule has 1 aliphatic carbocycles. The molecular weight excluding hydrogens is 274 g/mol. The second-order valence-electron chi connectivity index (χ2n) is 5.13. The largest absolute Gasteiger partial charge is 0.324 e. The number of benzene rings is 1. The van der Waals surface area contributed by atoms with E-state index < -0.39 is 10.0 Å². The van der Waals surface area contributed by atoms with Crippen LogP contribution in [0.25, 0.3) is 5.69 Å². The molecule has 1 aromatic heterocycles. The second kappa shape index (κ2) is 4.73. The van der Waals surface area contributed by atoms with Gasteiger partial charge in [-0.1, -0.05) is 6.07 Å². The first-order valence-corrected chi connectivity index (χ1v) is 8.10. The van der Waals surface area contributed by atoms with Gasteiger partial charge in [-0.05, 0) is 49.1 Å². The van der Waals surface area contributed by atoms with Crippen molar-refractivity contribution in [3.05, 3.63) is 47.8 Å². The van der Waals surface area contributed by atoms with Crippen molar-refractivity contribution in [3.63, 3.8) is 0 Å². The van der Waals surface area contributed by atoms with Gasteiger partial charge in [-0.15, -0.1) is 0 Å². The van der Waals surface area contributed by atoms with Gasteiger partial charge < -0.3 is 10.3 Å². The molecule has 3 rings (SSSR count). The summed E-state index contributed by atoms with van der Waals surface area (Å²) in [6, 6.07) is 8.75. The minimum Gasteiger partial charge on any atom is -0.324 e. The lowest BCUT2D eigenvalue weighted by molar-refractivity contribution is 0.560. The number of hydrogen-bond acceptors (Lipinski definition) is 3. The van der Waals surface area contributed by atoms with Crippen LogP contribution in [0.1, 0.15) is 30.1 Å². The molecule has 106 valence electrons. The Hall–Kier alpha value is -1.63. The van der Waals surface area contributed by atoms with Gasteiger partial charge in [0.25, 0.3) is 0 Å². The van der Waals surface area contributed by atoms with Gasteiger partial charge in [-0.2, -0.15) is 0 Å². The van der Waals surface area contributed by atoms with Crippen LogP contribution in [0.4, 0.5) is 0 Å². The van der Waals surface area contributed by atoms with E-state index in [4.69, 9.17) is 10.9 Å². The monoisotopic (exact) mass is 291 g/mol. The number of fused-ring (bicyclic) bond motifs is 1. The fourth-order valence-corrected chi connectivity index (χ4v) is 3.33. The molecule has 1 unspecified atom stereocenters. The van der Waals surface area contributed by atoms with Crippen molar-refractivity contribution in [2.75, 3.05) is 0 Å². The van der Waals surface area contributed by atoms with E-state index in [1.54, 1.807) is 12.1 Å². The molecule has 1 aliphatic rings. The van der Waals surface area contributed by atoms with Crippen LogP contribution in [0.2, 0.25) is 0 Å². The topological polar surface area (TPSA) is 91.1 Å². The van der Waals surface area contributed by atoms with Gasteiger partial charge in [-0.3, -0.25) is 0 Å². The summed E-state index contributed by atoms with van der Waals surface area (Å²) in [5, 5.41) is 5.18. The summed E-state index contributed by atoms with van der Waals surface area (Å²) in [5.41, 5.74) is 9.22. The van der Waals surface area contributed by atoms with Crippen LogP contribution in [-0.4, -0.2) is 13.0 Å². The first kappa shape index (κ1) is 13.4. The highest BCUT2D eigenvalue weighted by Gasteiger charge is 2.21. The van der Waals surface area contributed by atoms with Crippen LogP contribution in [0, 0.1) is 0 Å². The zero-order valence-electron chi connectivity index (χ0n) is 11.0. The van der Waals surface area contributed by atoms with Crippen molar-refractivity contribution >= 4 is 10.0 Å². The first-order valence-electron chi connectivity index (χ1n) is 6.56. The van der Waals surface area contributed by atoms with E-state index >= 15 is 0 Å². The van der Waals surface area contributed by atoms with Crippen molar-refractivity contribution in [2.24, 2.45) is 10.9 Å². The van der Waals surface area contributed by atoms with Crippen LogP contribution in [-0.2, 0) is 16.4 Å². The zero-order valence-corrected chi connectivity index (χ0v) is 11.8. The molecule has 6 heteroatoms. The molecular formula is C14H17N3O2S. The number of primary sulfonamides is 1. The fraction of sp³-hybridized carbons (Fsp3) is 0.286. The fourth-order valence-electron chi connectivity index (χ4n) is 2.78. The summed E-state index contributed by atoms with van der Waals surface area (Å²) >= 11 is 0. The standard InChI is InChI=1S/C14H17N3O2S/c15-13-5-2-6-14-12(13)7-8-17(14)10-3-1-4-11(9-10)20(16,18)19/h1,3-4,7-9,13H,2,5-6,15H2,(H2,16,18,19). The van der Waals surface area contributed by atoms with Crippen LogP contribution in [0.15, 0.2) is 41.4 Å². The Morgan fingerprint density at radius 3 is 2.80 bits per heavy atom. The van der Waals surface area contributed by atoms with Gasteiger partial charge >= 0.3 is 0 Å². The van der Waals surface area contributed by atoms with Gasteiger partial charge in [-0.25, -0.2) is 13.6 Å². The van der Waals surface area contributed by atoms with Gasteiger partial charge in [0.15, 0.2) is 0 Å². The molecule has 20 heavy (non-hydrogen) atoms. The zero-order chi connectivity index (χ0) is 14.3. The summed E-state index contributed by atoms with van der Waals surface area (Å²) in [5.74, 6) is 0. The van der Waals surface area contributed by atoms with Crippen LogP contribution in [0.5, 0.6) is 0 Å². The van der Waals surface area contributed by atoms with E-state index in [1.807, 2.05) is 22.9 Å². The van der Waals surface area contributed by atoms with E-state index in [0.29, 0.717) is 0 Å². The summed E-state index contributed by atoms with van der Waals surface area (Å²) in [6.07, 6.45) is 4.94. The molecule has 1 heterocycles. The molecule has 0 fully saturated rings. The van der Waals surface area contributed by atoms with Crippen molar-refractivity contribution in [1.82, 2.24) is 4.57 Å². The van der Waals surface area contributed by atoms with E-state index in [0.717, 1.165) is 36.2 Å². The molecule has 4 N–H and O–H groups in total. The summed E-state index contributed by atoms with van der Waals surface area (Å²) in [7, 11) is -3.69. The minimum atomic E-state index is -3.69. The van der Waals surface area contributed by atoms with E-state index in [2.05, 4.69) is 0 Å². The van der Waals surface area contributed by atoms with Crippen molar-refractivity contribution < 1.29 is 8.42 Å². The molecule has 0 spiro atoms. The summed E-state index contributed by atoms with van der Waals surface area (Å²) < 4.78 is 24.9. The van der Waals surface area contributed by atoms with Crippen molar-refractivity contribution in [2.45, 2.75) is 30.2 Å². The molecule has 1 atom stereocenters. The average molecular weight is 291 g/mol. The van der Waals surface area contributed by atoms with Crippen LogP contribution >= 0.6 is 0 Å². The summed E-state index contributed by atoms with van der Waals surface area (Å²) in [4.78, 5) is 0.123. The first-order chi connectivity index (χ1) is 9.47.